The molecule has 1 aromatic heterocycles. The molecule has 0 spiro atoms. The smallest absolute Gasteiger partial charge is 0.273 e. The fourth-order valence-corrected chi connectivity index (χ4v) is 3.35. The van der Waals surface area contributed by atoms with Crippen LogP contribution in [0.25, 0.3) is 0 Å². The number of amides is 2. The highest BCUT2D eigenvalue weighted by atomic mass is 16.6. The zero-order chi connectivity index (χ0) is 23.8. The molecule has 1 atom stereocenters. The number of nitro groups is 1. The van der Waals surface area contributed by atoms with Crippen LogP contribution in [0.15, 0.2) is 36.5 Å². The van der Waals surface area contributed by atoms with Gasteiger partial charge in [-0.3, -0.25) is 19.7 Å². The molecule has 0 aliphatic carbocycles. The lowest BCUT2D eigenvalue weighted by Gasteiger charge is -2.31. The van der Waals surface area contributed by atoms with Crippen LogP contribution >= 0.6 is 0 Å². The molecule has 0 aliphatic heterocycles. The van der Waals surface area contributed by atoms with E-state index in [9.17, 15) is 19.7 Å². The number of carbonyl (C=O) groups excluding carboxylic acids is 2. The largest absolute Gasteiger partial charge is 0.383 e. The van der Waals surface area contributed by atoms with Crippen molar-refractivity contribution in [3.63, 3.8) is 0 Å². The van der Waals surface area contributed by atoms with Crippen LogP contribution in [0.5, 0.6) is 0 Å². The molecule has 0 N–H and O–H groups in total. The molecule has 32 heavy (non-hydrogen) atoms. The van der Waals surface area contributed by atoms with E-state index in [1.54, 1.807) is 31.1 Å². The average Bonchev–Trinajstić information content (AvgIpc) is 3.18. The summed E-state index contributed by atoms with van der Waals surface area (Å²) >= 11 is 0. The van der Waals surface area contributed by atoms with E-state index in [0.717, 1.165) is 5.69 Å². The van der Waals surface area contributed by atoms with Crippen LogP contribution in [0.4, 0.5) is 5.69 Å². The Balaban J connectivity index is 2.28. The molecule has 9 heteroatoms. The third kappa shape index (κ3) is 6.16. The molecule has 1 aromatic carbocycles. The van der Waals surface area contributed by atoms with Gasteiger partial charge < -0.3 is 19.1 Å². The van der Waals surface area contributed by atoms with Gasteiger partial charge in [-0.25, -0.2) is 0 Å². The van der Waals surface area contributed by atoms with Gasteiger partial charge in [0.2, 0.25) is 5.91 Å². The van der Waals surface area contributed by atoms with Gasteiger partial charge in [0.05, 0.1) is 18.1 Å². The second kappa shape index (κ2) is 11.4. The number of benzene rings is 1. The van der Waals surface area contributed by atoms with Crippen molar-refractivity contribution in [1.82, 2.24) is 14.4 Å². The van der Waals surface area contributed by atoms with E-state index in [2.05, 4.69) is 0 Å². The number of aromatic nitrogens is 1. The van der Waals surface area contributed by atoms with Crippen LogP contribution in [-0.4, -0.2) is 64.0 Å². The molecule has 9 nitrogen and oxygen atoms in total. The molecule has 1 heterocycles. The van der Waals surface area contributed by atoms with Crippen LogP contribution in [0.3, 0.4) is 0 Å². The fourth-order valence-electron chi connectivity index (χ4n) is 3.35. The van der Waals surface area contributed by atoms with E-state index < -0.39 is 10.8 Å². The Labute approximate surface area is 188 Å². The third-order valence-electron chi connectivity index (χ3n) is 5.66. The van der Waals surface area contributed by atoms with Crippen LogP contribution in [0, 0.1) is 17.0 Å². The van der Waals surface area contributed by atoms with Gasteiger partial charge in [0.25, 0.3) is 11.6 Å². The first-order chi connectivity index (χ1) is 15.2. The molecule has 0 fully saturated rings. The van der Waals surface area contributed by atoms with Gasteiger partial charge in [-0.05, 0) is 38.5 Å². The molecular formula is C23H32N4O5. The van der Waals surface area contributed by atoms with Gasteiger partial charge >= 0.3 is 0 Å². The highest BCUT2D eigenvalue weighted by Gasteiger charge is 2.27. The number of nitrogens with zero attached hydrogens (tertiary/aromatic N) is 4. The molecular weight excluding hydrogens is 412 g/mol. The first-order valence-electron chi connectivity index (χ1n) is 10.6. The van der Waals surface area contributed by atoms with Gasteiger partial charge in [0.15, 0.2) is 0 Å². The Morgan fingerprint density at radius 1 is 1.28 bits per heavy atom. The van der Waals surface area contributed by atoms with Crippen molar-refractivity contribution >= 4 is 17.5 Å². The Hall–Kier alpha value is -3.20. The number of aryl methyl sites for hydroxylation is 2. The fraction of sp³-hybridized carbons (Fsp3) is 0.478. The molecule has 0 aliphatic rings. The molecule has 0 saturated carbocycles. The van der Waals surface area contributed by atoms with Crippen molar-refractivity contribution in [2.45, 2.75) is 39.8 Å². The third-order valence-corrected chi connectivity index (χ3v) is 5.66. The van der Waals surface area contributed by atoms with E-state index in [1.165, 1.54) is 11.0 Å². The second-order valence-electron chi connectivity index (χ2n) is 7.87. The predicted octanol–water partition coefficient (Wildman–Crippen LogP) is 3.16. The van der Waals surface area contributed by atoms with Gasteiger partial charge in [-0.15, -0.1) is 0 Å². The average molecular weight is 445 g/mol. The minimum Gasteiger partial charge on any atom is -0.383 e. The molecule has 0 radical (unpaired) electrons. The number of carbonyl (C=O) groups is 2. The normalized spacial score (nSPS) is 11.8. The van der Waals surface area contributed by atoms with Gasteiger partial charge in [-0.2, -0.15) is 0 Å². The molecule has 0 saturated heterocycles. The highest BCUT2D eigenvalue weighted by molar-refractivity contribution is 5.97. The quantitative estimate of drug-likeness (QED) is 0.392. The van der Waals surface area contributed by atoms with Gasteiger partial charge in [-0.1, -0.05) is 13.0 Å². The summed E-state index contributed by atoms with van der Waals surface area (Å²) < 4.78 is 7.10. The maximum Gasteiger partial charge on any atom is 0.273 e. The Bertz CT molecular complexity index is 956. The topological polar surface area (TPSA) is 97.9 Å². The van der Waals surface area contributed by atoms with Crippen LogP contribution < -0.4 is 0 Å². The van der Waals surface area contributed by atoms with Crippen molar-refractivity contribution in [2.24, 2.45) is 7.05 Å². The number of nitro benzene ring substituents is 1. The standard InChI is InChI=1S/C23H32N4O5/c1-6-18(3)26(23(29)19-10-9-17(2)21(14-19)27(30)31)16-22(28)25(12-13-32-5)15-20-8-7-11-24(20)4/h7-11,14,18H,6,12-13,15-16H2,1-5H3. The lowest BCUT2D eigenvalue weighted by Crippen LogP contribution is -2.47. The SMILES string of the molecule is CCC(C)N(CC(=O)N(CCOC)Cc1cccn1C)C(=O)c1ccc(C)c([N+](=O)[O-])c1. The summed E-state index contributed by atoms with van der Waals surface area (Å²) in [4.78, 5) is 40.5. The van der Waals surface area contributed by atoms with Gasteiger partial charge in [0, 0.05) is 55.8 Å². The van der Waals surface area contributed by atoms with Crippen molar-refractivity contribution in [2.75, 3.05) is 26.8 Å². The van der Waals surface area contributed by atoms with Crippen molar-refractivity contribution in [1.29, 1.82) is 0 Å². The summed E-state index contributed by atoms with van der Waals surface area (Å²) in [6, 6.07) is 8.04. The Morgan fingerprint density at radius 3 is 2.56 bits per heavy atom. The summed E-state index contributed by atoms with van der Waals surface area (Å²) in [6.07, 6.45) is 2.55. The number of hydrogen-bond donors (Lipinski definition) is 0. The second-order valence-corrected chi connectivity index (χ2v) is 7.87. The van der Waals surface area contributed by atoms with Crippen LogP contribution in [-0.2, 0) is 23.1 Å². The summed E-state index contributed by atoms with van der Waals surface area (Å²) in [7, 11) is 3.48. The molecule has 2 aromatic rings. The summed E-state index contributed by atoms with van der Waals surface area (Å²) in [6.45, 7) is 6.45. The minimum atomic E-state index is -0.503. The molecule has 2 rings (SSSR count). The Morgan fingerprint density at radius 2 is 2.00 bits per heavy atom. The zero-order valence-electron chi connectivity index (χ0n) is 19.4. The van der Waals surface area contributed by atoms with Crippen molar-refractivity contribution < 1.29 is 19.2 Å². The van der Waals surface area contributed by atoms with E-state index in [0.29, 0.717) is 31.7 Å². The first kappa shape index (κ1) is 25.1. The van der Waals surface area contributed by atoms with Crippen molar-refractivity contribution in [3.05, 3.63) is 63.5 Å². The molecule has 174 valence electrons. The van der Waals surface area contributed by atoms with E-state index >= 15 is 0 Å². The molecule has 1 unspecified atom stereocenters. The number of hydrogen-bond acceptors (Lipinski definition) is 5. The monoisotopic (exact) mass is 444 g/mol. The summed E-state index contributed by atoms with van der Waals surface area (Å²) in [5.74, 6) is -0.611. The summed E-state index contributed by atoms with van der Waals surface area (Å²) in [5, 5.41) is 11.3. The zero-order valence-corrected chi connectivity index (χ0v) is 19.4. The number of methoxy groups -OCH3 is 1. The highest BCUT2D eigenvalue weighted by Crippen LogP contribution is 2.21. The van der Waals surface area contributed by atoms with Crippen molar-refractivity contribution in [3.8, 4) is 0 Å². The first-order valence-corrected chi connectivity index (χ1v) is 10.6. The van der Waals surface area contributed by atoms with E-state index in [-0.39, 0.29) is 29.7 Å². The summed E-state index contributed by atoms with van der Waals surface area (Å²) in [5.41, 5.74) is 1.52. The van der Waals surface area contributed by atoms with Gasteiger partial charge in [0.1, 0.15) is 6.54 Å². The van der Waals surface area contributed by atoms with E-state index in [4.69, 9.17) is 4.74 Å². The minimum absolute atomic E-state index is 0.114. The Kier molecular flexibility index (Phi) is 8.95. The lowest BCUT2D eigenvalue weighted by molar-refractivity contribution is -0.385. The lowest BCUT2D eigenvalue weighted by atomic mass is 10.1. The maximum atomic E-state index is 13.3. The van der Waals surface area contributed by atoms with Crippen LogP contribution in [0.1, 0.15) is 41.9 Å². The van der Waals surface area contributed by atoms with E-state index in [1.807, 2.05) is 43.8 Å². The predicted molar refractivity (Wildman–Crippen MR) is 121 cm³/mol. The number of rotatable bonds is 11. The molecule has 2 amide bonds. The molecule has 0 bridgehead atoms. The number of ether oxygens (including phenoxy) is 1. The maximum absolute atomic E-state index is 13.3. The van der Waals surface area contributed by atoms with Crippen LogP contribution in [0.2, 0.25) is 0 Å².